The second-order valence-corrected chi connectivity index (χ2v) is 6.19. The molecule has 6 atom stereocenters. The molecule has 0 saturated carbocycles. The highest BCUT2D eigenvalue weighted by Gasteiger charge is 2.51. The molecule has 2 heterocycles. The molecule has 2 fully saturated rings. The number of hydrogen-bond donors (Lipinski definition) is 3. The predicted molar refractivity (Wildman–Crippen MR) is 87.6 cm³/mol. The van der Waals surface area contributed by atoms with E-state index < -0.39 is 36.7 Å². The summed E-state index contributed by atoms with van der Waals surface area (Å²) in [7, 11) is 0. The van der Waals surface area contributed by atoms with Crippen molar-refractivity contribution in [2.75, 3.05) is 11.9 Å². The molecule has 0 unspecified atom stereocenters. The van der Waals surface area contributed by atoms with Crippen molar-refractivity contribution in [3.63, 3.8) is 0 Å². The lowest BCUT2D eigenvalue weighted by Gasteiger charge is -2.39. The molecule has 2 saturated heterocycles. The molecular weight excluding hydrogens is 328 g/mol. The van der Waals surface area contributed by atoms with Gasteiger partial charge in [0.2, 0.25) is 5.91 Å². The monoisotopic (exact) mass is 350 g/mol. The van der Waals surface area contributed by atoms with Gasteiger partial charge in [-0.15, -0.1) is 0 Å². The SMILES string of the molecule is CC(=O)N[C@H]1[C@@H]2OC[C@@H](O2)[C@@H](O)[C@H]1O[C@H](C)C(=O)Nc1ccccc1. The third-order valence-corrected chi connectivity index (χ3v) is 4.24. The highest BCUT2D eigenvalue weighted by atomic mass is 16.7. The fourth-order valence-electron chi connectivity index (χ4n) is 3.00. The number of hydrogen-bond acceptors (Lipinski definition) is 6. The van der Waals surface area contributed by atoms with Crippen LogP contribution in [-0.4, -0.2) is 60.3 Å². The maximum Gasteiger partial charge on any atom is 0.253 e. The Bertz CT molecular complexity index is 625. The number of amides is 2. The molecule has 0 radical (unpaired) electrons. The number of fused-ring (bicyclic) bond motifs is 2. The van der Waals surface area contributed by atoms with Gasteiger partial charge in [-0.3, -0.25) is 9.59 Å². The second-order valence-electron chi connectivity index (χ2n) is 6.19. The number of anilines is 1. The average molecular weight is 350 g/mol. The van der Waals surface area contributed by atoms with E-state index in [1.54, 1.807) is 19.1 Å². The van der Waals surface area contributed by atoms with E-state index in [4.69, 9.17) is 14.2 Å². The summed E-state index contributed by atoms with van der Waals surface area (Å²) in [5, 5.41) is 15.9. The zero-order valence-corrected chi connectivity index (χ0v) is 14.0. The largest absolute Gasteiger partial charge is 0.388 e. The van der Waals surface area contributed by atoms with Crippen molar-refractivity contribution >= 4 is 17.5 Å². The Hall–Kier alpha value is -2.00. The number of carbonyl (C=O) groups is 2. The summed E-state index contributed by atoms with van der Waals surface area (Å²) in [5.41, 5.74) is 0.650. The van der Waals surface area contributed by atoms with Gasteiger partial charge in [0.15, 0.2) is 6.29 Å². The Morgan fingerprint density at radius 3 is 2.72 bits per heavy atom. The highest BCUT2D eigenvalue weighted by Crippen LogP contribution is 2.30. The molecule has 3 rings (SSSR count). The van der Waals surface area contributed by atoms with Crippen LogP contribution in [0.25, 0.3) is 0 Å². The minimum Gasteiger partial charge on any atom is -0.388 e. The molecule has 8 heteroatoms. The first kappa shape index (κ1) is 17.8. The Morgan fingerprint density at radius 1 is 1.32 bits per heavy atom. The van der Waals surface area contributed by atoms with Crippen molar-refractivity contribution in [3.8, 4) is 0 Å². The Morgan fingerprint density at radius 2 is 2.04 bits per heavy atom. The fraction of sp³-hybridized carbons (Fsp3) is 0.529. The van der Waals surface area contributed by atoms with Crippen LogP contribution < -0.4 is 10.6 Å². The first-order valence-electron chi connectivity index (χ1n) is 8.19. The van der Waals surface area contributed by atoms with E-state index >= 15 is 0 Å². The lowest BCUT2D eigenvalue weighted by Crippen LogP contribution is -2.62. The molecule has 2 aliphatic rings. The zero-order valence-electron chi connectivity index (χ0n) is 14.0. The van der Waals surface area contributed by atoms with E-state index in [1.165, 1.54) is 6.92 Å². The Labute approximate surface area is 145 Å². The number of ether oxygens (including phenoxy) is 3. The van der Waals surface area contributed by atoms with Gasteiger partial charge in [0.05, 0.1) is 6.61 Å². The van der Waals surface area contributed by atoms with Crippen LogP contribution in [0.1, 0.15) is 13.8 Å². The molecule has 2 bridgehead atoms. The van der Waals surface area contributed by atoms with Crippen LogP contribution in [0.2, 0.25) is 0 Å². The minimum atomic E-state index is -1.01. The van der Waals surface area contributed by atoms with E-state index in [0.717, 1.165) is 0 Å². The molecule has 3 N–H and O–H groups in total. The molecule has 2 amide bonds. The van der Waals surface area contributed by atoms with Crippen LogP contribution in [0.4, 0.5) is 5.69 Å². The molecule has 0 spiro atoms. The van der Waals surface area contributed by atoms with Crippen LogP contribution in [0.15, 0.2) is 30.3 Å². The Kier molecular flexibility index (Phi) is 5.33. The topological polar surface area (TPSA) is 106 Å². The van der Waals surface area contributed by atoms with E-state index in [1.807, 2.05) is 18.2 Å². The fourth-order valence-corrected chi connectivity index (χ4v) is 3.00. The summed E-state index contributed by atoms with van der Waals surface area (Å²) >= 11 is 0. The van der Waals surface area contributed by atoms with Gasteiger partial charge < -0.3 is 30.0 Å². The molecule has 1 aromatic rings. The minimum absolute atomic E-state index is 0.215. The molecule has 1 aromatic carbocycles. The molecule has 0 aromatic heterocycles. The van der Waals surface area contributed by atoms with Gasteiger partial charge in [0, 0.05) is 12.6 Å². The van der Waals surface area contributed by atoms with Crippen molar-refractivity contribution in [2.24, 2.45) is 0 Å². The number of nitrogens with one attached hydrogen (secondary N) is 2. The van der Waals surface area contributed by atoms with Gasteiger partial charge in [-0.2, -0.15) is 0 Å². The van der Waals surface area contributed by atoms with E-state index in [0.29, 0.717) is 5.69 Å². The van der Waals surface area contributed by atoms with Crippen LogP contribution >= 0.6 is 0 Å². The highest BCUT2D eigenvalue weighted by molar-refractivity contribution is 5.93. The maximum atomic E-state index is 12.3. The zero-order chi connectivity index (χ0) is 18.0. The maximum absolute atomic E-state index is 12.3. The number of rotatable bonds is 5. The van der Waals surface area contributed by atoms with Crippen molar-refractivity contribution in [1.29, 1.82) is 0 Å². The molecule has 2 aliphatic heterocycles. The van der Waals surface area contributed by atoms with Gasteiger partial charge in [-0.05, 0) is 19.1 Å². The molecule has 8 nitrogen and oxygen atoms in total. The lowest BCUT2D eigenvalue weighted by atomic mass is 9.98. The van der Waals surface area contributed by atoms with Crippen molar-refractivity contribution in [2.45, 2.75) is 50.6 Å². The van der Waals surface area contributed by atoms with E-state index in [-0.39, 0.29) is 18.4 Å². The number of aliphatic hydroxyl groups is 1. The van der Waals surface area contributed by atoms with Gasteiger partial charge >= 0.3 is 0 Å². The summed E-state index contributed by atoms with van der Waals surface area (Å²) in [5.74, 6) is -0.649. The van der Waals surface area contributed by atoms with Gasteiger partial charge in [-0.1, -0.05) is 18.2 Å². The standard InChI is InChI=1S/C17H22N2O6/c1-9(16(22)19-11-6-4-3-5-7-11)24-15-13(18-10(2)20)17-23-8-12(25-17)14(15)21/h3-7,9,12-15,17,21H,8H2,1-2H3,(H,18,20)(H,19,22)/t9-,12-,13-,14-,15+,17-/m1/s1. The van der Waals surface area contributed by atoms with Crippen LogP contribution in [-0.2, 0) is 23.8 Å². The quantitative estimate of drug-likeness (QED) is 0.691. The molecule has 136 valence electrons. The van der Waals surface area contributed by atoms with Gasteiger partial charge in [-0.25, -0.2) is 0 Å². The van der Waals surface area contributed by atoms with Crippen molar-refractivity contribution in [3.05, 3.63) is 30.3 Å². The number of carbonyl (C=O) groups excluding carboxylic acids is 2. The summed E-state index contributed by atoms with van der Waals surface area (Å²) in [6.45, 7) is 3.16. The first-order valence-corrected chi connectivity index (χ1v) is 8.19. The third-order valence-electron chi connectivity index (χ3n) is 4.24. The number of aliphatic hydroxyl groups excluding tert-OH is 1. The Balaban J connectivity index is 1.67. The molecular formula is C17H22N2O6. The normalized spacial score (nSPS) is 32.0. The second kappa shape index (κ2) is 7.49. The van der Waals surface area contributed by atoms with Crippen LogP contribution in [0.3, 0.4) is 0 Å². The summed E-state index contributed by atoms with van der Waals surface area (Å²) in [6, 6.07) is 8.31. The number of benzene rings is 1. The average Bonchev–Trinajstić information content (AvgIpc) is 3.03. The van der Waals surface area contributed by atoms with Crippen molar-refractivity contribution < 1.29 is 28.9 Å². The number of para-hydroxylation sites is 1. The van der Waals surface area contributed by atoms with Crippen molar-refractivity contribution in [1.82, 2.24) is 5.32 Å². The summed E-state index contributed by atoms with van der Waals surface area (Å²) < 4.78 is 16.8. The molecule has 25 heavy (non-hydrogen) atoms. The summed E-state index contributed by atoms with van der Waals surface area (Å²) in [6.07, 6.45) is -3.90. The lowest BCUT2D eigenvalue weighted by molar-refractivity contribution is -0.208. The smallest absolute Gasteiger partial charge is 0.253 e. The van der Waals surface area contributed by atoms with E-state index in [9.17, 15) is 14.7 Å². The third kappa shape index (κ3) is 3.98. The van der Waals surface area contributed by atoms with E-state index in [2.05, 4.69) is 10.6 Å². The van der Waals surface area contributed by atoms with Crippen LogP contribution in [0, 0.1) is 0 Å². The predicted octanol–water partition coefficient (Wildman–Crippen LogP) is 0.0195. The summed E-state index contributed by atoms with van der Waals surface area (Å²) in [4.78, 5) is 23.8. The van der Waals surface area contributed by atoms with Gasteiger partial charge in [0.25, 0.3) is 5.91 Å². The first-order chi connectivity index (χ1) is 12.0. The van der Waals surface area contributed by atoms with Gasteiger partial charge in [0.1, 0.15) is 30.5 Å². The van der Waals surface area contributed by atoms with Crippen LogP contribution in [0.5, 0.6) is 0 Å². The molecule has 0 aliphatic carbocycles.